The SMILES string of the molecule is CN(Cc1cccs1)C(=O)c1cccnc1SCC(=O)Nc1ccc2c(c1)OCO2. The minimum absolute atomic E-state index is 0.125. The fraction of sp³-hybridized carbons (Fsp3) is 0.190. The fourth-order valence-electron chi connectivity index (χ4n) is 2.89. The van der Waals surface area contributed by atoms with E-state index in [1.807, 2.05) is 17.5 Å². The Morgan fingerprint density at radius 3 is 2.90 bits per heavy atom. The van der Waals surface area contributed by atoms with Crippen molar-refractivity contribution in [2.45, 2.75) is 11.6 Å². The fourth-order valence-corrected chi connectivity index (χ4v) is 4.43. The average molecular weight is 442 g/mol. The lowest BCUT2D eigenvalue weighted by atomic mass is 10.2. The largest absolute Gasteiger partial charge is 0.454 e. The van der Waals surface area contributed by atoms with Crippen molar-refractivity contribution in [1.82, 2.24) is 9.88 Å². The second kappa shape index (κ2) is 9.19. The van der Waals surface area contributed by atoms with Crippen molar-refractivity contribution in [3.63, 3.8) is 0 Å². The van der Waals surface area contributed by atoms with Crippen LogP contribution in [0, 0.1) is 0 Å². The Morgan fingerprint density at radius 1 is 1.20 bits per heavy atom. The van der Waals surface area contributed by atoms with Crippen molar-refractivity contribution in [3.05, 3.63) is 64.5 Å². The molecule has 1 N–H and O–H groups in total. The van der Waals surface area contributed by atoms with E-state index < -0.39 is 0 Å². The Balaban J connectivity index is 1.37. The van der Waals surface area contributed by atoms with E-state index in [0.29, 0.717) is 34.3 Å². The summed E-state index contributed by atoms with van der Waals surface area (Å²) in [5, 5.41) is 5.34. The Bertz CT molecular complexity index is 1060. The zero-order valence-electron chi connectivity index (χ0n) is 16.2. The van der Waals surface area contributed by atoms with Gasteiger partial charge in [0, 0.05) is 29.9 Å². The molecule has 4 rings (SSSR count). The molecule has 1 aliphatic rings. The third-order valence-electron chi connectivity index (χ3n) is 4.32. The van der Waals surface area contributed by atoms with E-state index >= 15 is 0 Å². The molecular weight excluding hydrogens is 422 g/mol. The Kier molecular flexibility index (Phi) is 6.20. The maximum atomic E-state index is 12.9. The number of thioether (sulfide) groups is 1. The zero-order valence-corrected chi connectivity index (χ0v) is 17.8. The van der Waals surface area contributed by atoms with Crippen LogP contribution < -0.4 is 14.8 Å². The summed E-state index contributed by atoms with van der Waals surface area (Å²) < 4.78 is 10.6. The molecule has 0 fully saturated rings. The van der Waals surface area contributed by atoms with Crippen molar-refractivity contribution in [2.24, 2.45) is 0 Å². The molecule has 0 radical (unpaired) electrons. The van der Waals surface area contributed by atoms with Crippen LogP contribution in [0.25, 0.3) is 0 Å². The first-order valence-corrected chi connectivity index (χ1v) is 11.0. The number of pyridine rings is 1. The maximum Gasteiger partial charge on any atom is 0.256 e. The maximum absolute atomic E-state index is 12.9. The van der Waals surface area contributed by atoms with E-state index in [9.17, 15) is 9.59 Å². The highest BCUT2D eigenvalue weighted by Gasteiger charge is 2.19. The number of rotatable bonds is 7. The highest BCUT2D eigenvalue weighted by Crippen LogP contribution is 2.34. The van der Waals surface area contributed by atoms with Crippen LogP contribution in [0.3, 0.4) is 0 Å². The third-order valence-corrected chi connectivity index (χ3v) is 6.18. The molecule has 0 aliphatic carbocycles. The lowest BCUT2D eigenvalue weighted by Crippen LogP contribution is -2.26. The number of nitrogens with one attached hydrogen (secondary N) is 1. The summed E-state index contributed by atoms with van der Waals surface area (Å²) in [5.41, 5.74) is 1.11. The van der Waals surface area contributed by atoms with Gasteiger partial charge in [0.25, 0.3) is 5.91 Å². The van der Waals surface area contributed by atoms with Gasteiger partial charge in [0.05, 0.1) is 17.9 Å². The van der Waals surface area contributed by atoms with Gasteiger partial charge in [0.15, 0.2) is 11.5 Å². The molecule has 1 aromatic carbocycles. The number of ether oxygens (including phenoxy) is 2. The van der Waals surface area contributed by atoms with Gasteiger partial charge in [-0.3, -0.25) is 9.59 Å². The Morgan fingerprint density at radius 2 is 2.07 bits per heavy atom. The molecule has 0 saturated heterocycles. The van der Waals surface area contributed by atoms with Crippen LogP contribution in [0.1, 0.15) is 15.2 Å². The van der Waals surface area contributed by atoms with Gasteiger partial charge in [0.1, 0.15) is 5.03 Å². The number of benzene rings is 1. The molecule has 3 aromatic rings. The van der Waals surface area contributed by atoms with E-state index in [2.05, 4.69) is 10.3 Å². The predicted octanol–water partition coefficient (Wildman–Crippen LogP) is 3.87. The minimum atomic E-state index is -0.199. The Hall–Kier alpha value is -3.04. The second-order valence-electron chi connectivity index (χ2n) is 6.50. The third kappa shape index (κ3) is 4.74. The highest BCUT2D eigenvalue weighted by atomic mass is 32.2. The van der Waals surface area contributed by atoms with E-state index in [1.54, 1.807) is 59.8 Å². The second-order valence-corrected chi connectivity index (χ2v) is 8.50. The smallest absolute Gasteiger partial charge is 0.256 e. The van der Waals surface area contributed by atoms with Crippen LogP contribution in [0.2, 0.25) is 0 Å². The van der Waals surface area contributed by atoms with Gasteiger partial charge in [-0.1, -0.05) is 17.8 Å². The summed E-state index contributed by atoms with van der Waals surface area (Å²) in [6.45, 7) is 0.708. The van der Waals surface area contributed by atoms with E-state index in [1.165, 1.54) is 11.8 Å². The number of carbonyl (C=O) groups is 2. The number of carbonyl (C=O) groups excluding carboxylic acids is 2. The topological polar surface area (TPSA) is 80.8 Å². The number of amides is 2. The van der Waals surface area contributed by atoms with Crippen molar-refractivity contribution < 1.29 is 19.1 Å². The first-order valence-electron chi connectivity index (χ1n) is 9.15. The highest BCUT2D eigenvalue weighted by molar-refractivity contribution is 8.00. The summed E-state index contributed by atoms with van der Waals surface area (Å²) in [7, 11) is 1.76. The van der Waals surface area contributed by atoms with Crippen LogP contribution in [0.4, 0.5) is 5.69 Å². The number of anilines is 1. The summed E-state index contributed by atoms with van der Waals surface area (Å²) in [6, 6.07) is 12.6. The minimum Gasteiger partial charge on any atom is -0.454 e. The van der Waals surface area contributed by atoms with Crippen LogP contribution >= 0.6 is 23.1 Å². The lowest BCUT2D eigenvalue weighted by Gasteiger charge is -2.17. The van der Waals surface area contributed by atoms with Gasteiger partial charge in [-0.2, -0.15) is 0 Å². The quantitative estimate of drug-likeness (QED) is 0.561. The van der Waals surface area contributed by atoms with Crippen LogP contribution in [-0.4, -0.2) is 41.3 Å². The number of fused-ring (bicyclic) bond motifs is 1. The van der Waals surface area contributed by atoms with Gasteiger partial charge >= 0.3 is 0 Å². The van der Waals surface area contributed by atoms with Gasteiger partial charge in [-0.05, 0) is 35.7 Å². The summed E-state index contributed by atoms with van der Waals surface area (Å²) >= 11 is 2.84. The number of aromatic nitrogens is 1. The molecule has 1 aliphatic heterocycles. The van der Waals surface area contributed by atoms with Crippen molar-refractivity contribution in [2.75, 3.05) is 24.9 Å². The van der Waals surface area contributed by atoms with E-state index in [0.717, 1.165) is 4.88 Å². The van der Waals surface area contributed by atoms with Crippen molar-refractivity contribution in [1.29, 1.82) is 0 Å². The molecule has 7 nitrogen and oxygen atoms in total. The first kappa shape index (κ1) is 20.2. The summed E-state index contributed by atoms with van der Waals surface area (Å²) in [5.74, 6) is 1.06. The molecule has 0 bridgehead atoms. The molecule has 30 heavy (non-hydrogen) atoms. The molecule has 2 amide bonds. The van der Waals surface area contributed by atoms with E-state index in [-0.39, 0.29) is 24.4 Å². The summed E-state index contributed by atoms with van der Waals surface area (Å²) in [6.07, 6.45) is 1.62. The number of thiophene rings is 1. The van der Waals surface area contributed by atoms with Gasteiger partial charge < -0.3 is 19.7 Å². The monoisotopic (exact) mass is 441 g/mol. The van der Waals surface area contributed by atoms with Gasteiger partial charge in [0.2, 0.25) is 12.7 Å². The van der Waals surface area contributed by atoms with Crippen molar-refractivity contribution in [3.8, 4) is 11.5 Å². The lowest BCUT2D eigenvalue weighted by molar-refractivity contribution is -0.113. The molecule has 9 heteroatoms. The van der Waals surface area contributed by atoms with Crippen LogP contribution in [0.5, 0.6) is 11.5 Å². The summed E-state index contributed by atoms with van der Waals surface area (Å²) in [4.78, 5) is 32.3. The molecule has 154 valence electrons. The molecule has 3 heterocycles. The average Bonchev–Trinajstić information content (AvgIpc) is 3.43. The molecule has 0 unspecified atom stereocenters. The molecule has 0 spiro atoms. The van der Waals surface area contributed by atoms with Crippen LogP contribution in [0.15, 0.2) is 59.1 Å². The number of hydrogen-bond acceptors (Lipinski definition) is 7. The zero-order chi connectivity index (χ0) is 20.9. The standard InChI is InChI=1S/C21H19N3O4S2/c1-24(11-15-4-3-9-29-15)21(26)16-5-2-8-22-20(16)30-12-19(25)23-14-6-7-17-18(10-14)28-13-27-17/h2-10H,11-13H2,1H3,(H,23,25). The first-order chi connectivity index (χ1) is 14.6. The van der Waals surface area contributed by atoms with Crippen molar-refractivity contribution >= 4 is 40.6 Å². The van der Waals surface area contributed by atoms with Gasteiger partial charge in [-0.25, -0.2) is 4.98 Å². The molecule has 0 atom stereocenters. The predicted molar refractivity (Wildman–Crippen MR) is 116 cm³/mol. The Labute approximate surface area is 182 Å². The normalized spacial score (nSPS) is 11.9. The number of hydrogen-bond donors (Lipinski definition) is 1. The van der Waals surface area contributed by atoms with Crippen LogP contribution in [-0.2, 0) is 11.3 Å². The van der Waals surface area contributed by atoms with Gasteiger partial charge in [-0.15, -0.1) is 11.3 Å². The molecular formula is C21H19N3O4S2. The van der Waals surface area contributed by atoms with E-state index in [4.69, 9.17) is 9.47 Å². The molecule has 2 aromatic heterocycles. The number of nitrogens with zero attached hydrogens (tertiary/aromatic N) is 2. The molecule has 0 saturated carbocycles.